The molecule has 0 spiro atoms. The molecule has 2 amide bonds. The van der Waals surface area contributed by atoms with Gasteiger partial charge in [-0.2, -0.15) is 0 Å². The van der Waals surface area contributed by atoms with Gasteiger partial charge in [0.15, 0.2) is 0 Å². The predicted molar refractivity (Wildman–Crippen MR) is 94.4 cm³/mol. The first-order valence-corrected chi connectivity index (χ1v) is 9.58. The van der Waals surface area contributed by atoms with Crippen molar-refractivity contribution in [2.45, 2.75) is 56.5 Å². The predicted octanol–water partition coefficient (Wildman–Crippen LogP) is 3.45. The number of nitrogens with zero attached hydrogens (tertiary/aromatic N) is 2. The lowest BCUT2D eigenvalue weighted by molar-refractivity contribution is -0.143. The molecule has 3 aliphatic rings. The van der Waals surface area contributed by atoms with Crippen molar-refractivity contribution in [2.75, 3.05) is 13.1 Å². The lowest BCUT2D eigenvalue weighted by Crippen LogP contribution is -2.53. The summed E-state index contributed by atoms with van der Waals surface area (Å²) in [5.74, 6) is -0.902. The van der Waals surface area contributed by atoms with Crippen LogP contribution in [0, 0.1) is 11.7 Å². The highest BCUT2D eigenvalue weighted by molar-refractivity contribution is 5.76. The number of rotatable bonds is 2. The van der Waals surface area contributed by atoms with Crippen LogP contribution in [0.1, 0.15) is 50.0 Å². The molecular weight excluding hydrogens is 335 g/mol. The van der Waals surface area contributed by atoms with Crippen LogP contribution in [0.25, 0.3) is 0 Å². The first-order valence-electron chi connectivity index (χ1n) is 9.58. The maximum absolute atomic E-state index is 13.2. The van der Waals surface area contributed by atoms with Gasteiger partial charge in [-0.05, 0) is 62.1 Å². The van der Waals surface area contributed by atoms with E-state index in [2.05, 4.69) is 4.90 Å². The van der Waals surface area contributed by atoms with Gasteiger partial charge < -0.3 is 14.9 Å². The van der Waals surface area contributed by atoms with Crippen molar-refractivity contribution in [3.05, 3.63) is 35.6 Å². The highest BCUT2D eigenvalue weighted by Gasteiger charge is 2.45. The monoisotopic (exact) mass is 360 g/mol. The molecule has 1 N–H and O–H groups in total. The van der Waals surface area contributed by atoms with Gasteiger partial charge in [0, 0.05) is 25.2 Å². The Morgan fingerprint density at radius 1 is 0.962 bits per heavy atom. The highest BCUT2D eigenvalue weighted by atomic mass is 19.1. The highest BCUT2D eigenvalue weighted by Crippen LogP contribution is 2.43. The molecule has 3 heterocycles. The summed E-state index contributed by atoms with van der Waals surface area (Å²) in [6, 6.07) is 7.34. The zero-order valence-electron chi connectivity index (χ0n) is 14.8. The number of carboxylic acid groups (broad SMARTS) is 1. The summed E-state index contributed by atoms with van der Waals surface area (Å²) in [4.78, 5) is 28.0. The van der Waals surface area contributed by atoms with E-state index in [-0.39, 0.29) is 29.8 Å². The Kier molecular flexibility index (Phi) is 4.59. The lowest BCUT2D eigenvalue weighted by atomic mass is 9.85. The molecule has 6 heteroatoms. The Morgan fingerprint density at radius 2 is 1.54 bits per heavy atom. The average molecular weight is 360 g/mol. The molecule has 26 heavy (non-hydrogen) atoms. The van der Waals surface area contributed by atoms with Crippen LogP contribution in [0.5, 0.6) is 0 Å². The third kappa shape index (κ3) is 3.17. The number of aliphatic carboxylic acids is 1. The van der Waals surface area contributed by atoms with Gasteiger partial charge in [0.05, 0.1) is 5.92 Å². The van der Waals surface area contributed by atoms with E-state index in [0.717, 1.165) is 31.2 Å². The van der Waals surface area contributed by atoms with Crippen molar-refractivity contribution < 1.29 is 19.1 Å². The molecule has 2 atom stereocenters. The smallest absolute Gasteiger partial charge is 0.320 e. The van der Waals surface area contributed by atoms with Crippen LogP contribution in [0.2, 0.25) is 0 Å². The van der Waals surface area contributed by atoms with E-state index in [0.29, 0.717) is 31.8 Å². The van der Waals surface area contributed by atoms with Crippen LogP contribution in [-0.2, 0) is 4.79 Å². The molecule has 0 aliphatic carbocycles. The Labute approximate surface area is 152 Å². The number of hydrogen-bond donors (Lipinski definition) is 1. The van der Waals surface area contributed by atoms with Crippen LogP contribution >= 0.6 is 0 Å². The van der Waals surface area contributed by atoms with Gasteiger partial charge in [0.25, 0.3) is 0 Å². The van der Waals surface area contributed by atoms with E-state index in [1.165, 1.54) is 12.1 Å². The molecule has 2 bridgehead atoms. The number of hydrogen-bond acceptors (Lipinski definition) is 2. The Morgan fingerprint density at radius 3 is 2.08 bits per heavy atom. The van der Waals surface area contributed by atoms with Gasteiger partial charge in [0.1, 0.15) is 5.82 Å². The zero-order valence-corrected chi connectivity index (χ0v) is 14.8. The molecular formula is C20H25FN2O3. The maximum Gasteiger partial charge on any atom is 0.320 e. The summed E-state index contributed by atoms with van der Waals surface area (Å²) in [5, 5.41) is 9.12. The van der Waals surface area contributed by atoms with Gasteiger partial charge in [-0.1, -0.05) is 12.1 Å². The summed E-state index contributed by atoms with van der Waals surface area (Å²) in [6.07, 6.45) is 5.00. The average Bonchev–Trinajstić information content (AvgIpc) is 2.91. The molecule has 4 rings (SSSR count). The molecule has 3 fully saturated rings. The minimum atomic E-state index is -0.753. The molecule has 3 saturated heterocycles. The van der Waals surface area contributed by atoms with Gasteiger partial charge in [0.2, 0.25) is 0 Å². The topological polar surface area (TPSA) is 60.9 Å². The number of carboxylic acids is 1. The van der Waals surface area contributed by atoms with Crippen molar-refractivity contribution in [2.24, 2.45) is 5.92 Å². The van der Waals surface area contributed by atoms with Gasteiger partial charge >= 0.3 is 12.0 Å². The fourth-order valence-corrected chi connectivity index (χ4v) is 4.98. The van der Waals surface area contributed by atoms with Crippen molar-refractivity contribution in [1.82, 2.24) is 9.80 Å². The number of benzene rings is 1. The second-order valence-corrected chi connectivity index (χ2v) is 7.89. The fraction of sp³-hybridized carbons (Fsp3) is 0.600. The molecule has 1 aromatic rings. The fourth-order valence-electron chi connectivity index (χ4n) is 4.98. The Hall–Kier alpha value is -2.11. The van der Waals surface area contributed by atoms with E-state index >= 15 is 0 Å². The second kappa shape index (κ2) is 6.89. The number of halogens is 1. The van der Waals surface area contributed by atoms with E-state index < -0.39 is 5.97 Å². The van der Waals surface area contributed by atoms with Crippen molar-refractivity contribution in [1.29, 1.82) is 0 Å². The number of likely N-dealkylation sites (tertiary alicyclic amines) is 1. The molecule has 1 aromatic carbocycles. The van der Waals surface area contributed by atoms with E-state index in [9.17, 15) is 14.0 Å². The number of amides is 2. The van der Waals surface area contributed by atoms with Crippen molar-refractivity contribution in [3.63, 3.8) is 0 Å². The van der Waals surface area contributed by atoms with E-state index in [1.54, 1.807) is 0 Å². The lowest BCUT2D eigenvalue weighted by Gasteiger charge is -2.43. The minimum Gasteiger partial charge on any atom is -0.481 e. The van der Waals surface area contributed by atoms with Crippen LogP contribution in [0.3, 0.4) is 0 Å². The zero-order chi connectivity index (χ0) is 18.3. The minimum absolute atomic E-state index is 0.0823. The normalized spacial score (nSPS) is 29.0. The van der Waals surface area contributed by atoms with Crippen molar-refractivity contribution in [3.8, 4) is 0 Å². The number of carbonyl (C=O) groups is 2. The second-order valence-electron chi connectivity index (χ2n) is 7.89. The Balaban J connectivity index is 1.41. The number of fused-ring (bicyclic) bond motifs is 2. The molecule has 0 radical (unpaired) electrons. The summed E-state index contributed by atoms with van der Waals surface area (Å²) in [5.41, 5.74) is 1.16. The molecule has 5 nitrogen and oxygen atoms in total. The molecule has 3 aliphatic heterocycles. The van der Waals surface area contributed by atoms with Crippen molar-refractivity contribution >= 4 is 12.0 Å². The molecule has 2 unspecified atom stereocenters. The SMILES string of the molecule is O=C(O)C1CCN(C(=O)N2C3CCC2CC(c2ccc(F)cc2)C3)CC1. The number of piperidine rings is 2. The summed E-state index contributed by atoms with van der Waals surface area (Å²) < 4.78 is 13.2. The standard InChI is InChI=1S/C20H25FN2O3/c21-16-3-1-13(2-4-16)15-11-17-5-6-18(12-15)23(17)20(26)22-9-7-14(8-10-22)19(24)25/h1-4,14-15,17-18H,5-12H2,(H,24,25). The van der Waals surface area contributed by atoms with E-state index in [1.807, 2.05) is 17.0 Å². The number of urea groups is 1. The Bertz CT molecular complexity index is 671. The van der Waals surface area contributed by atoms with Crippen LogP contribution < -0.4 is 0 Å². The molecule has 140 valence electrons. The van der Waals surface area contributed by atoms with Crippen LogP contribution in [0.15, 0.2) is 24.3 Å². The van der Waals surface area contributed by atoms with Crippen LogP contribution in [0.4, 0.5) is 9.18 Å². The summed E-state index contributed by atoms with van der Waals surface area (Å²) >= 11 is 0. The largest absolute Gasteiger partial charge is 0.481 e. The molecule has 0 saturated carbocycles. The first kappa shape index (κ1) is 17.3. The van der Waals surface area contributed by atoms with Gasteiger partial charge in [-0.25, -0.2) is 9.18 Å². The first-order chi connectivity index (χ1) is 12.5. The maximum atomic E-state index is 13.2. The summed E-state index contributed by atoms with van der Waals surface area (Å²) in [6.45, 7) is 1.07. The van der Waals surface area contributed by atoms with Gasteiger partial charge in [-0.3, -0.25) is 4.79 Å². The molecule has 0 aromatic heterocycles. The van der Waals surface area contributed by atoms with E-state index in [4.69, 9.17) is 5.11 Å². The van der Waals surface area contributed by atoms with Crippen LogP contribution in [-0.4, -0.2) is 52.1 Å². The van der Waals surface area contributed by atoms with Gasteiger partial charge in [-0.15, -0.1) is 0 Å². The summed E-state index contributed by atoms with van der Waals surface area (Å²) in [7, 11) is 0. The third-order valence-electron chi connectivity index (χ3n) is 6.41. The third-order valence-corrected chi connectivity index (χ3v) is 6.41. The number of carbonyl (C=O) groups excluding carboxylic acids is 1. The quantitative estimate of drug-likeness (QED) is 0.879.